The Bertz CT molecular complexity index is 782. The zero-order chi connectivity index (χ0) is 18.7. The molecule has 2 aliphatic heterocycles. The van der Waals surface area contributed by atoms with Crippen molar-refractivity contribution >= 4 is 24.2 Å². The zero-order valence-electron chi connectivity index (χ0n) is 15.8. The van der Waals surface area contributed by atoms with Crippen LogP contribution in [-0.2, 0) is 10.3 Å². The molecule has 0 aliphatic carbocycles. The molecule has 150 valence electrons. The molecule has 0 saturated carbocycles. The van der Waals surface area contributed by atoms with Crippen LogP contribution in [0.25, 0.3) is 0 Å². The molecule has 3 heterocycles. The van der Waals surface area contributed by atoms with Gasteiger partial charge in [-0.15, -0.1) is 12.4 Å². The monoisotopic (exact) mass is 403 g/mol. The molecular weight excluding hydrogens is 378 g/mol. The summed E-state index contributed by atoms with van der Waals surface area (Å²) < 4.78 is 1.83. The molecule has 4 rings (SSSR count). The molecule has 0 spiro atoms. The van der Waals surface area contributed by atoms with Crippen LogP contribution in [0.2, 0.25) is 0 Å². The van der Waals surface area contributed by atoms with Gasteiger partial charge in [0.05, 0.1) is 0 Å². The lowest BCUT2D eigenvalue weighted by molar-refractivity contribution is -0.144. The fraction of sp³-hybridized carbons (Fsp3) is 0.450. The summed E-state index contributed by atoms with van der Waals surface area (Å²) in [7, 11) is 0. The van der Waals surface area contributed by atoms with Crippen LogP contribution in [0.1, 0.15) is 23.2 Å². The molecule has 2 amide bonds. The van der Waals surface area contributed by atoms with Crippen molar-refractivity contribution in [2.75, 3.05) is 39.3 Å². The summed E-state index contributed by atoms with van der Waals surface area (Å²) >= 11 is 0. The number of hydrogen-bond acceptors (Lipinski definition) is 4. The Hall–Kier alpha value is -2.38. The van der Waals surface area contributed by atoms with Crippen LogP contribution in [0.5, 0.6) is 0 Å². The number of amides is 2. The second-order valence-electron chi connectivity index (χ2n) is 7.18. The topological polar surface area (TPSA) is 70.5 Å². The van der Waals surface area contributed by atoms with E-state index in [1.807, 2.05) is 57.1 Å². The summed E-state index contributed by atoms with van der Waals surface area (Å²) in [5, 5.41) is 7.72. The summed E-state index contributed by atoms with van der Waals surface area (Å²) in [6.45, 7) is 3.86. The van der Waals surface area contributed by atoms with Crippen LogP contribution in [0.15, 0.2) is 48.8 Å². The van der Waals surface area contributed by atoms with Gasteiger partial charge in [-0.05, 0) is 44.1 Å². The number of piperidine rings is 1. The maximum atomic E-state index is 13.5. The second-order valence-corrected chi connectivity index (χ2v) is 7.18. The van der Waals surface area contributed by atoms with Gasteiger partial charge >= 0.3 is 0 Å². The molecule has 1 aromatic heterocycles. The summed E-state index contributed by atoms with van der Waals surface area (Å²) in [5.41, 5.74) is 0.0871. The Labute approximate surface area is 171 Å². The first-order valence-electron chi connectivity index (χ1n) is 9.55. The van der Waals surface area contributed by atoms with Gasteiger partial charge in [0.15, 0.2) is 0 Å². The first-order valence-corrected chi connectivity index (χ1v) is 9.55. The van der Waals surface area contributed by atoms with E-state index < -0.39 is 5.54 Å². The van der Waals surface area contributed by atoms with Gasteiger partial charge in [-0.25, -0.2) is 0 Å². The maximum Gasteiger partial charge on any atom is 0.253 e. The highest BCUT2D eigenvalue weighted by Crippen LogP contribution is 2.30. The van der Waals surface area contributed by atoms with Gasteiger partial charge in [0.25, 0.3) is 11.8 Å². The average molecular weight is 404 g/mol. The minimum absolute atomic E-state index is 0. The third-order valence-corrected chi connectivity index (χ3v) is 5.65. The molecule has 0 atom stereocenters. The molecular formula is C20H26ClN5O2. The van der Waals surface area contributed by atoms with Crippen molar-refractivity contribution in [1.82, 2.24) is 24.9 Å². The van der Waals surface area contributed by atoms with Crippen molar-refractivity contribution in [3.05, 3.63) is 54.4 Å². The molecule has 2 aromatic rings. The Kier molecular flexibility index (Phi) is 6.36. The first-order chi connectivity index (χ1) is 13.2. The number of halogens is 1. The van der Waals surface area contributed by atoms with Crippen molar-refractivity contribution in [2.24, 2.45) is 0 Å². The predicted molar refractivity (Wildman–Crippen MR) is 108 cm³/mol. The van der Waals surface area contributed by atoms with Gasteiger partial charge in [0.1, 0.15) is 5.54 Å². The lowest BCUT2D eigenvalue weighted by Crippen LogP contribution is -2.59. The standard InChI is InChI=1S/C20H25N5O2.ClH/c26-18(17-5-2-1-3-6-17)23-13-15-24(16-14-23)19(27)20(7-10-21-11-8-20)25-12-4-9-22-25;/h1-6,9,12,21H,7-8,10-11,13-16H2;1H. The summed E-state index contributed by atoms with van der Waals surface area (Å²) in [4.78, 5) is 29.8. The van der Waals surface area contributed by atoms with Gasteiger partial charge in [0.2, 0.25) is 0 Å². The number of nitrogens with zero attached hydrogens (tertiary/aromatic N) is 4. The average Bonchev–Trinajstić information content (AvgIpc) is 3.29. The smallest absolute Gasteiger partial charge is 0.253 e. The van der Waals surface area contributed by atoms with Gasteiger partial charge in [-0.2, -0.15) is 5.10 Å². The van der Waals surface area contributed by atoms with Crippen LogP contribution in [0.4, 0.5) is 0 Å². The Morgan fingerprint density at radius 1 is 0.929 bits per heavy atom. The number of rotatable bonds is 3. The predicted octanol–water partition coefficient (Wildman–Crippen LogP) is 1.37. The normalized spacial score (nSPS) is 19.0. The third-order valence-electron chi connectivity index (χ3n) is 5.65. The van der Waals surface area contributed by atoms with E-state index >= 15 is 0 Å². The molecule has 8 heteroatoms. The maximum absolute atomic E-state index is 13.5. The number of aromatic nitrogens is 2. The van der Waals surface area contributed by atoms with E-state index in [-0.39, 0.29) is 24.2 Å². The van der Waals surface area contributed by atoms with Crippen LogP contribution in [0, 0.1) is 0 Å². The van der Waals surface area contributed by atoms with Crippen LogP contribution >= 0.6 is 12.4 Å². The lowest BCUT2D eigenvalue weighted by Gasteiger charge is -2.43. The van der Waals surface area contributed by atoms with E-state index in [9.17, 15) is 9.59 Å². The SMILES string of the molecule is Cl.O=C(c1ccccc1)N1CCN(C(=O)C2(n3cccn3)CCNCC2)CC1. The fourth-order valence-corrected chi connectivity index (χ4v) is 4.07. The largest absolute Gasteiger partial charge is 0.337 e. The quantitative estimate of drug-likeness (QED) is 0.840. The van der Waals surface area contributed by atoms with Gasteiger partial charge in [-0.1, -0.05) is 18.2 Å². The minimum atomic E-state index is -0.611. The van der Waals surface area contributed by atoms with E-state index in [0.29, 0.717) is 31.7 Å². The van der Waals surface area contributed by atoms with Crippen molar-refractivity contribution in [3.63, 3.8) is 0 Å². The first kappa shape index (κ1) is 20.4. The van der Waals surface area contributed by atoms with Crippen LogP contribution in [-0.4, -0.2) is 70.7 Å². The van der Waals surface area contributed by atoms with E-state index in [0.717, 1.165) is 25.9 Å². The third kappa shape index (κ3) is 3.77. The highest BCUT2D eigenvalue weighted by Gasteiger charge is 2.45. The summed E-state index contributed by atoms with van der Waals surface area (Å²) in [6, 6.07) is 11.2. The van der Waals surface area contributed by atoms with Crippen molar-refractivity contribution in [2.45, 2.75) is 18.4 Å². The number of hydrogen-bond donors (Lipinski definition) is 1. The number of carbonyl (C=O) groups is 2. The molecule has 0 radical (unpaired) electrons. The molecule has 2 saturated heterocycles. The molecule has 28 heavy (non-hydrogen) atoms. The van der Waals surface area contributed by atoms with Crippen LogP contribution < -0.4 is 5.32 Å². The highest BCUT2D eigenvalue weighted by molar-refractivity contribution is 5.94. The summed E-state index contributed by atoms with van der Waals surface area (Å²) in [5.74, 6) is 0.158. The van der Waals surface area contributed by atoms with E-state index in [2.05, 4.69) is 10.4 Å². The summed E-state index contributed by atoms with van der Waals surface area (Å²) in [6.07, 6.45) is 5.08. The van der Waals surface area contributed by atoms with Crippen molar-refractivity contribution in [3.8, 4) is 0 Å². The number of nitrogens with one attached hydrogen (secondary N) is 1. The molecule has 2 aliphatic rings. The fourth-order valence-electron chi connectivity index (χ4n) is 4.07. The number of carbonyl (C=O) groups excluding carboxylic acids is 2. The van der Waals surface area contributed by atoms with Crippen molar-refractivity contribution in [1.29, 1.82) is 0 Å². The Morgan fingerprint density at radius 2 is 1.57 bits per heavy atom. The van der Waals surface area contributed by atoms with Crippen molar-refractivity contribution < 1.29 is 9.59 Å². The highest BCUT2D eigenvalue weighted by atomic mass is 35.5. The van der Waals surface area contributed by atoms with Gasteiger partial charge in [0, 0.05) is 44.1 Å². The number of benzene rings is 1. The lowest BCUT2D eigenvalue weighted by atomic mass is 9.86. The molecule has 0 bridgehead atoms. The molecule has 1 N–H and O–H groups in total. The van der Waals surface area contributed by atoms with E-state index in [1.54, 1.807) is 6.20 Å². The number of piperazine rings is 1. The minimum Gasteiger partial charge on any atom is -0.337 e. The Balaban J connectivity index is 0.00000225. The van der Waals surface area contributed by atoms with Gasteiger partial charge in [-0.3, -0.25) is 14.3 Å². The molecule has 1 aromatic carbocycles. The van der Waals surface area contributed by atoms with E-state index in [4.69, 9.17) is 0 Å². The zero-order valence-corrected chi connectivity index (χ0v) is 16.6. The molecule has 0 unspecified atom stereocenters. The van der Waals surface area contributed by atoms with Crippen LogP contribution in [0.3, 0.4) is 0 Å². The molecule has 2 fully saturated rings. The molecule has 7 nitrogen and oxygen atoms in total. The van der Waals surface area contributed by atoms with Gasteiger partial charge < -0.3 is 15.1 Å². The Morgan fingerprint density at radius 3 is 2.18 bits per heavy atom. The second kappa shape index (κ2) is 8.75. The van der Waals surface area contributed by atoms with E-state index in [1.165, 1.54) is 0 Å².